The van der Waals surface area contributed by atoms with Gasteiger partial charge in [0.25, 0.3) is 0 Å². The van der Waals surface area contributed by atoms with E-state index in [1.54, 1.807) is 24.3 Å². The number of fused-ring (bicyclic) bond motifs is 1. The lowest BCUT2D eigenvalue weighted by atomic mass is 9.84. The molecule has 11 atom stereocenters. The number of aliphatic hydroxyl groups is 6. The van der Waals surface area contributed by atoms with Crippen molar-refractivity contribution in [1.82, 2.24) is 0 Å². The number of phenols is 1. The van der Waals surface area contributed by atoms with Crippen LogP contribution in [-0.2, 0) is 14.2 Å². The Morgan fingerprint density at radius 2 is 1.09 bits per heavy atom. The first-order chi connectivity index (χ1) is 27.5. The van der Waals surface area contributed by atoms with Crippen molar-refractivity contribution in [2.45, 2.75) is 55.1 Å². The van der Waals surface area contributed by atoms with Crippen LogP contribution < -0.4 is 37.9 Å². The monoisotopic (exact) mass is 806 g/mol. The molecule has 3 fully saturated rings. The second-order valence-electron chi connectivity index (χ2n) is 13.7. The zero-order chi connectivity index (χ0) is 41.1. The van der Waals surface area contributed by atoms with Crippen LogP contribution in [0.2, 0.25) is 0 Å². The fourth-order valence-electron chi connectivity index (χ4n) is 7.53. The molecule has 2 unspecified atom stereocenters. The molecule has 18 nitrogen and oxygen atoms in total. The van der Waals surface area contributed by atoms with E-state index in [9.17, 15) is 35.7 Å². The van der Waals surface area contributed by atoms with Crippen LogP contribution in [0.4, 0.5) is 0 Å². The summed E-state index contributed by atoms with van der Waals surface area (Å²) in [5.74, 6) is 0.741. The highest BCUT2D eigenvalue weighted by Crippen LogP contribution is 2.54. The quantitative estimate of drug-likeness (QED) is 0.107. The molecule has 0 aliphatic carbocycles. The largest absolute Gasteiger partial charge is 0.502 e. The number of aliphatic hydroxyl groups excluding tert-OH is 6. The zero-order valence-corrected chi connectivity index (χ0v) is 32.3. The summed E-state index contributed by atoms with van der Waals surface area (Å²) in [7, 11) is 8.46. The molecular weight excluding hydrogens is 756 g/mol. The number of methoxy groups -OCH3 is 6. The highest BCUT2D eigenvalue weighted by atomic mass is 16.7. The maximum atomic E-state index is 11.3. The van der Waals surface area contributed by atoms with Crippen molar-refractivity contribution in [2.24, 2.45) is 11.8 Å². The fraction of sp³-hybridized carbons (Fsp3) is 0.538. The Bertz CT molecular complexity index is 1760. The molecule has 3 aromatic carbocycles. The Balaban J connectivity index is 1.22. The molecule has 7 N–H and O–H groups in total. The third kappa shape index (κ3) is 8.01. The standard InChI is InChI=1S/C39H50O18/c1-47-22-7-17(8-23(48-2)31(22)43)30(42)28(13-40)55-37-24(49-3)9-18(10-25(37)50-4)35-20-15-54-36(21(20)16-53-35)19-11-26(51-5)38(27(12-19)52-6)57-39-34(46)33(45)32(44)29(14-41)56-39/h7-12,20-21,28-30,32-36,39-46H,13-16H2,1-6H3/t20-,21-,28?,29-,30?,32-,33+,34-,35+,36+,39+/m1/s1. The van der Waals surface area contributed by atoms with Crippen LogP contribution in [0.15, 0.2) is 36.4 Å². The summed E-state index contributed by atoms with van der Waals surface area (Å²) in [5, 5.41) is 72.6. The minimum absolute atomic E-state index is 0.0585. The van der Waals surface area contributed by atoms with Gasteiger partial charge < -0.3 is 87.9 Å². The summed E-state index contributed by atoms with van der Waals surface area (Å²) in [6.07, 6.45) is -11.0. The van der Waals surface area contributed by atoms with E-state index in [-0.39, 0.29) is 69.1 Å². The van der Waals surface area contributed by atoms with Crippen molar-refractivity contribution >= 4 is 0 Å². The van der Waals surface area contributed by atoms with E-state index in [4.69, 9.17) is 52.1 Å². The average Bonchev–Trinajstić information content (AvgIpc) is 3.85. The maximum Gasteiger partial charge on any atom is 0.229 e. The molecule has 0 bridgehead atoms. The van der Waals surface area contributed by atoms with E-state index < -0.39 is 68.3 Å². The number of rotatable bonds is 16. The normalized spacial score (nSPS) is 27.9. The van der Waals surface area contributed by atoms with E-state index in [1.165, 1.54) is 54.8 Å². The Morgan fingerprint density at radius 3 is 1.51 bits per heavy atom. The first-order valence-electron chi connectivity index (χ1n) is 18.1. The molecule has 6 rings (SSSR count). The van der Waals surface area contributed by atoms with Gasteiger partial charge in [0.1, 0.15) is 30.5 Å². The summed E-state index contributed by atoms with van der Waals surface area (Å²) in [4.78, 5) is 0. The Labute approximate surface area is 328 Å². The summed E-state index contributed by atoms with van der Waals surface area (Å²) in [5.41, 5.74) is 1.65. The van der Waals surface area contributed by atoms with Gasteiger partial charge in [-0.2, -0.15) is 0 Å². The highest BCUT2D eigenvalue weighted by molar-refractivity contribution is 5.57. The van der Waals surface area contributed by atoms with Crippen LogP contribution in [0.5, 0.6) is 51.7 Å². The van der Waals surface area contributed by atoms with Gasteiger partial charge in [0, 0.05) is 11.8 Å². The summed E-state index contributed by atoms with van der Waals surface area (Å²) >= 11 is 0. The molecule has 0 spiro atoms. The number of ether oxygens (including phenoxy) is 11. The van der Waals surface area contributed by atoms with Crippen LogP contribution in [0, 0.1) is 11.8 Å². The summed E-state index contributed by atoms with van der Waals surface area (Å²) < 4.78 is 63.6. The van der Waals surface area contributed by atoms with Gasteiger partial charge in [0.2, 0.25) is 23.5 Å². The fourth-order valence-corrected chi connectivity index (χ4v) is 7.53. The van der Waals surface area contributed by atoms with Crippen molar-refractivity contribution in [3.63, 3.8) is 0 Å². The first kappa shape index (κ1) is 42.1. The van der Waals surface area contributed by atoms with Gasteiger partial charge in [-0.25, -0.2) is 0 Å². The number of hydrogen-bond donors (Lipinski definition) is 7. The van der Waals surface area contributed by atoms with Gasteiger partial charge in [-0.15, -0.1) is 0 Å². The zero-order valence-electron chi connectivity index (χ0n) is 32.3. The minimum atomic E-state index is -1.65. The predicted molar refractivity (Wildman–Crippen MR) is 196 cm³/mol. The lowest BCUT2D eigenvalue weighted by Crippen LogP contribution is -2.60. The van der Waals surface area contributed by atoms with Gasteiger partial charge in [-0.1, -0.05) is 0 Å². The Kier molecular flexibility index (Phi) is 13.3. The second kappa shape index (κ2) is 18.0. The van der Waals surface area contributed by atoms with E-state index in [0.29, 0.717) is 24.3 Å². The lowest BCUT2D eigenvalue weighted by molar-refractivity contribution is -0.277. The van der Waals surface area contributed by atoms with E-state index in [2.05, 4.69) is 0 Å². The maximum absolute atomic E-state index is 11.3. The molecule has 3 heterocycles. The molecule has 57 heavy (non-hydrogen) atoms. The second-order valence-corrected chi connectivity index (χ2v) is 13.7. The van der Waals surface area contributed by atoms with Crippen LogP contribution in [-0.4, -0.2) is 142 Å². The van der Waals surface area contributed by atoms with Gasteiger partial charge in [-0.05, 0) is 53.1 Å². The molecule has 314 valence electrons. The topological polar surface area (TPSA) is 243 Å². The predicted octanol–water partition coefficient (Wildman–Crippen LogP) is 1.17. The number of aromatic hydroxyl groups is 1. The number of benzene rings is 3. The van der Waals surface area contributed by atoms with Crippen molar-refractivity contribution in [1.29, 1.82) is 0 Å². The van der Waals surface area contributed by atoms with Crippen molar-refractivity contribution in [3.8, 4) is 51.7 Å². The van der Waals surface area contributed by atoms with E-state index in [0.717, 1.165) is 0 Å². The van der Waals surface area contributed by atoms with Gasteiger partial charge in [0.05, 0.1) is 81.3 Å². The highest BCUT2D eigenvalue weighted by Gasteiger charge is 2.49. The molecular formula is C39H50O18. The SMILES string of the molecule is COc1cc(C(O)C(CO)Oc2c(OC)cc([C@@H]3OC[C@@H]4[C@H]3CO[C@H]4c3cc(OC)c(O[C@@H]4O[C@H](CO)[C@@H](O)[C@H](O)[C@H]4O)c(OC)c3)cc2OC)cc(OC)c1O. The molecule has 0 radical (unpaired) electrons. The first-order valence-corrected chi connectivity index (χ1v) is 18.1. The smallest absolute Gasteiger partial charge is 0.229 e. The van der Waals surface area contributed by atoms with Gasteiger partial charge in [-0.3, -0.25) is 0 Å². The van der Waals surface area contributed by atoms with Crippen molar-refractivity contribution in [2.75, 3.05) is 69.1 Å². The van der Waals surface area contributed by atoms with E-state index in [1.807, 2.05) is 0 Å². The van der Waals surface area contributed by atoms with Crippen molar-refractivity contribution < 1.29 is 87.9 Å². The molecule has 3 aliphatic rings. The van der Waals surface area contributed by atoms with Crippen LogP contribution in [0.3, 0.4) is 0 Å². The third-order valence-electron chi connectivity index (χ3n) is 10.6. The Hall–Kier alpha value is -4.50. The molecule has 0 aromatic heterocycles. The van der Waals surface area contributed by atoms with Gasteiger partial charge in [0.15, 0.2) is 40.6 Å². The number of hydrogen-bond acceptors (Lipinski definition) is 18. The molecule has 0 amide bonds. The van der Waals surface area contributed by atoms with E-state index >= 15 is 0 Å². The Morgan fingerprint density at radius 1 is 0.632 bits per heavy atom. The molecule has 3 saturated heterocycles. The van der Waals surface area contributed by atoms with Crippen LogP contribution in [0.25, 0.3) is 0 Å². The third-order valence-corrected chi connectivity index (χ3v) is 10.6. The number of phenolic OH excluding ortho intramolecular Hbond substituents is 1. The van der Waals surface area contributed by atoms with Crippen LogP contribution >= 0.6 is 0 Å². The molecule has 18 heteroatoms. The van der Waals surface area contributed by atoms with Gasteiger partial charge >= 0.3 is 0 Å². The van der Waals surface area contributed by atoms with Crippen LogP contribution in [0.1, 0.15) is 35.0 Å². The summed E-state index contributed by atoms with van der Waals surface area (Å²) in [6, 6.07) is 9.71. The lowest BCUT2D eigenvalue weighted by Gasteiger charge is -2.39. The summed E-state index contributed by atoms with van der Waals surface area (Å²) in [6.45, 7) is -0.571. The van der Waals surface area contributed by atoms with Crippen molar-refractivity contribution in [3.05, 3.63) is 53.1 Å². The molecule has 0 saturated carbocycles. The average molecular weight is 807 g/mol. The molecule has 3 aromatic rings. The molecule has 3 aliphatic heterocycles. The minimum Gasteiger partial charge on any atom is -0.502 e.